The van der Waals surface area contributed by atoms with Gasteiger partial charge in [-0.3, -0.25) is 14.6 Å². The van der Waals surface area contributed by atoms with Gasteiger partial charge in [-0.25, -0.2) is 0 Å². The monoisotopic (exact) mass is 484 g/mol. The molecule has 2 aromatic carbocycles. The SMILES string of the molecule is CCOc1ccc(C(O)=C2C(=O)C(=O)N(Cc3cccnc3)[C@@H]2c2ccc(C(C)(C)C)cc2)c(C)c1. The van der Waals surface area contributed by atoms with Crippen molar-refractivity contribution in [3.05, 3.63) is 100 Å². The number of likely N-dealkylation sites (tertiary alicyclic amines) is 1. The Morgan fingerprint density at radius 2 is 1.81 bits per heavy atom. The van der Waals surface area contributed by atoms with E-state index in [4.69, 9.17) is 4.74 Å². The van der Waals surface area contributed by atoms with Gasteiger partial charge in [0.15, 0.2) is 0 Å². The van der Waals surface area contributed by atoms with Crippen LogP contribution >= 0.6 is 0 Å². The third kappa shape index (κ3) is 4.89. The van der Waals surface area contributed by atoms with Gasteiger partial charge in [0, 0.05) is 24.5 Å². The highest BCUT2D eigenvalue weighted by Gasteiger charge is 2.46. The average Bonchev–Trinajstić information content (AvgIpc) is 3.09. The molecule has 1 amide bonds. The lowest BCUT2D eigenvalue weighted by Gasteiger charge is -2.26. The van der Waals surface area contributed by atoms with Crippen LogP contribution in [0, 0.1) is 6.92 Å². The number of benzene rings is 2. The molecule has 1 N–H and O–H groups in total. The van der Waals surface area contributed by atoms with Crippen molar-refractivity contribution in [1.29, 1.82) is 0 Å². The standard InChI is InChI=1S/C30H32N2O4/c1-6-36-23-13-14-24(19(2)16-23)27(33)25-26(21-9-11-22(12-10-21)30(3,4)5)32(29(35)28(25)34)18-20-8-7-15-31-17-20/h7-17,26,33H,6,18H2,1-5H3/t26-/m1/s1. The van der Waals surface area contributed by atoms with Crippen LogP contribution in [0.15, 0.2) is 72.6 Å². The van der Waals surface area contributed by atoms with E-state index in [-0.39, 0.29) is 23.3 Å². The van der Waals surface area contributed by atoms with Crippen molar-refractivity contribution < 1.29 is 19.4 Å². The Morgan fingerprint density at radius 3 is 2.39 bits per heavy atom. The summed E-state index contributed by atoms with van der Waals surface area (Å²) in [6.45, 7) is 10.9. The Kier molecular flexibility index (Phi) is 6.97. The third-order valence-electron chi connectivity index (χ3n) is 6.47. The molecule has 1 aliphatic rings. The van der Waals surface area contributed by atoms with Gasteiger partial charge in [0.1, 0.15) is 11.5 Å². The van der Waals surface area contributed by atoms with E-state index < -0.39 is 17.7 Å². The Balaban J connectivity index is 1.85. The molecule has 0 unspecified atom stereocenters. The molecule has 0 bridgehead atoms. The van der Waals surface area contributed by atoms with Crippen LogP contribution in [0.2, 0.25) is 0 Å². The summed E-state index contributed by atoms with van der Waals surface area (Å²) in [7, 11) is 0. The van der Waals surface area contributed by atoms with Crippen molar-refractivity contribution in [2.45, 2.75) is 52.6 Å². The molecule has 1 aliphatic heterocycles. The smallest absolute Gasteiger partial charge is 0.295 e. The van der Waals surface area contributed by atoms with Gasteiger partial charge in [-0.15, -0.1) is 0 Å². The van der Waals surface area contributed by atoms with E-state index in [1.54, 1.807) is 30.6 Å². The van der Waals surface area contributed by atoms with Crippen LogP contribution in [0.25, 0.3) is 5.76 Å². The summed E-state index contributed by atoms with van der Waals surface area (Å²) in [5, 5.41) is 11.4. The topological polar surface area (TPSA) is 79.7 Å². The molecule has 2 heterocycles. The Labute approximate surface area is 212 Å². The molecule has 6 nitrogen and oxygen atoms in total. The number of aromatic nitrogens is 1. The van der Waals surface area contributed by atoms with Gasteiger partial charge in [0.2, 0.25) is 0 Å². The molecule has 3 aromatic rings. The first-order chi connectivity index (χ1) is 17.1. The lowest BCUT2D eigenvalue weighted by Crippen LogP contribution is -2.29. The maximum Gasteiger partial charge on any atom is 0.295 e. The number of carbonyl (C=O) groups excluding carboxylic acids is 2. The molecular weight excluding hydrogens is 452 g/mol. The fraction of sp³-hybridized carbons (Fsp3) is 0.300. The van der Waals surface area contributed by atoms with E-state index in [2.05, 4.69) is 25.8 Å². The summed E-state index contributed by atoms with van der Waals surface area (Å²) in [4.78, 5) is 32.3. The van der Waals surface area contributed by atoms with Crippen LogP contribution in [0.5, 0.6) is 5.75 Å². The molecule has 0 radical (unpaired) electrons. The van der Waals surface area contributed by atoms with Crippen LogP contribution in [0.1, 0.15) is 61.6 Å². The van der Waals surface area contributed by atoms with Gasteiger partial charge in [0.05, 0.1) is 18.2 Å². The van der Waals surface area contributed by atoms with Gasteiger partial charge in [-0.1, -0.05) is 51.1 Å². The van der Waals surface area contributed by atoms with E-state index in [1.807, 2.05) is 50.2 Å². The summed E-state index contributed by atoms with van der Waals surface area (Å²) >= 11 is 0. The van der Waals surface area contributed by atoms with Gasteiger partial charge < -0.3 is 14.7 Å². The second kappa shape index (κ2) is 9.97. The molecule has 4 rings (SSSR count). The van der Waals surface area contributed by atoms with Crippen molar-refractivity contribution in [3.8, 4) is 5.75 Å². The predicted molar refractivity (Wildman–Crippen MR) is 140 cm³/mol. The second-order valence-corrected chi connectivity index (χ2v) is 10.1. The maximum atomic E-state index is 13.4. The molecule has 1 fully saturated rings. The number of aliphatic hydroxyl groups is 1. The number of aryl methyl sites for hydroxylation is 1. The number of pyridine rings is 1. The highest BCUT2D eigenvalue weighted by atomic mass is 16.5. The Bertz CT molecular complexity index is 1310. The molecule has 0 aliphatic carbocycles. The number of hydrogen-bond donors (Lipinski definition) is 1. The molecule has 1 aromatic heterocycles. The van der Waals surface area contributed by atoms with E-state index in [9.17, 15) is 14.7 Å². The van der Waals surface area contributed by atoms with Crippen molar-refractivity contribution in [2.75, 3.05) is 6.61 Å². The number of nitrogens with zero attached hydrogens (tertiary/aromatic N) is 2. The second-order valence-electron chi connectivity index (χ2n) is 10.1. The minimum Gasteiger partial charge on any atom is -0.507 e. The van der Waals surface area contributed by atoms with Gasteiger partial charge >= 0.3 is 0 Å². The minimum absolute atomic E-state index is 0.0462. The normalized spacial score (nSPS) is 17.5. The van der Waals surface area contributed by atoms with Crippen LogP contribution in [0.4, 0.5) is 0 Å². The molecule has 36 heavy (non-hydrogen) atoms. The van der Waals surface area contributed by atoms with Crippen LogP contribution in [0.3, 0.4) is 0 Å². The third-order valence-corrected chi connectivity index (χ3v) is 6.47. The Hall–Kier alpha value is -3.93. The largest absolute Gasteiger partial charge is 0.507 e. The number of rotatable bonds is 6. The number of aliphatic hydroxyl groups excluding tert-OH is 1. The molecule has 1 atom stereocenters. The van der Waals surface area contributed by atoms with E-state index in [0.717, 1.165) is 22.3 Å². The minimum atomic E-state index is -0.731. The molecular formula is C30H32N2O4. The van der Waals surface area contributed by atoms with Crippen molar-refractivity contribution in [2.24, 2.45) is 0 Å². The first-order valence-corrected chi connectivity index (χ1v) is 12.1. The molecule has 0 spiro atoms. The Morgan fingerprint density at radius 1 is 1.08 bits per heavy atom. The van der Waals surface area contributed by atoms with E-state index in [0.29, 0.717) is 17.9 Å². The quantitative estimate of drug-likeness (QED) is 0.275. The van der Waals surface area contributed by atoms with Gasteiger partial charge in [-0.2, -0.15) is 0 Å². The molecule has 0 saturated carbocycles. The first-order valence-electron chi connectivity index (χ1n) is 12.1. The van der Waals surface area contributed by atoms with E-state index in [1.165, 1.54) is 4.90 Å². The number of Topliss-reactive ketones (excluding diaryl/α,β-unsaturated/α-hetero) is 1. The zero-order valence-corrected chi connectivity index (χ0v) is 21.4. The van der Waals surface area contributed by atoms with Crippen molar-refractivity contribution >= 4 is 17.4 Å². The first kappa shape index (κ1) is 25.2. The zero-order chi connectivity index (χ0) is 26.0. The van der Waals surface area contributed by atoms with Gasteiger partial charge in [-0.05, 0) is 65.8 Å². The van der Waals surface area contributed by atoms with Crippen molar-refractivity contribution in [3.63, 3.8) is 0 Å². The number of carbonyl (C=O) groups is 2. The fourth-order valence-electron chi connectivity index (χ4n) is 4.55. The van der Waals surface area contributed by atoms with Crippen LogP contribution in [-0.2, 0) is 21.5 Å². The summed E-state index contributed by atoms with van der Waals surface area (Å²) in [5.74, 6) is -0.853. The number of hydrogen-bond acceptors (Lipinski definition) is 5. The fourth-order valence-corrected chi connectivity index (χ4v) is 4.55. The molecule has 6 heteroatoms. The zero-order valence-electron chi connectivity index (χ0n) is 21.4. The van der Waals surface area contributed by atoms with Gasteiger partial charge in [0.25, 0.3) is 11.7 Å². The number of ether oxygens (including phenoxy) is 1. The highest BCUT2D eigenvalue weighted by Crippen LogP contribution is 2.41. The van der Waals surface area contributed by atoms with Crippen molar-refractivity contribution in [1.82, 2.24) is 9.88 Å². The predicted octanol–water partition coefficient (Wildman–Crippen LogP) is 5.71. The summed E-state index contributed by atoms with van der Waals surface area (Å²) in [6, 6.07) is 16.1. The van der Waals surface area contributed by atoms with E-state index >= 15 is 0 Å². The molecule has 186 valence electrons. The number of amides is 1. The van der Waals surface area contributed by atoms with Crippen LogP contribution in [-0.4, -0.2) is 33.3 Å². The number of ketones is 1. The summed E-state index contributed by atoms with van der Waals surface area (Å²) in [6.07, 6.45) is 3.34. The summed E-state index contributed by atoms with van der Waals surface area (Å²) in [5.41, 5.74) is 3.98. The maximum absolute atomic E-state index is 13.4. The average molecular weight is 485 g/mol. The lowest BCUT2D eigenvalue weighted by atomic mass is 9.85. The molecule has 1 saturated heterocycles. The summed E-state index contributed by atoms with van der Waals surface area (Å²) < 4.78 is 5.56. The lowest BCUT2D eigenvalue weighted by molar-refractivity contribution is -0.140. The van der Waals surface area contributed by atoms with Crippen LogP contribution < -0.4 is 4.74 Å². The highest BCUT2D eigenvalue weighted by molar-refractivity contribution is 6.46.